The summed E-state index contributed by atoms with van der Waals surface area (Å²) in [5.74, 6) is 1.85. The zero-order valence-corrected chi connectivity index (χ0v) is 8.92. The van der Waals surface area contributed by atoms with Gasteiger partial charge in [-0.15, -0.1) is 0 Å². The van der Waals surface area contributed by atoms with Crippen molar-refractivity contribution in [2.24, 2.45) is 5.92 Å². The monoisotopic (exact) mass is 186 g/mol. The van der Waals surface area contributed by atoms with Crippen molar-refractivity contribution in [3.8, 4) is 0 Å². The van der Waals surface area contributed by atoms with Crippen LogP contribution in [0.2, 0.25) is 0 Å². The second-order valence-electron chi connectivity index (χ2n) is 5.01. The first kappa shape index (κ1) is 8.52. The van der Waals surface area contributed by atoms with E-state index in [1.54, 1.807) is 11.1 Å². The number of rotatable bonds is 1. The van der Waals surface area contributed by atoms with Crippen molar-refractivity contribution < 1.29 is 0 Å². The van der Waals surface area contributed by atoms with Crippen LogP contribution >= 0.6 is 0 Å². The molecule has 2 aliphatic rings. The maximum absolute atomic E-state index is 2.40. The molecule has 0 aromatic heterocycles. The van der Waals surface area contributed by atoms with E-state index in [1.165, 1.54) is 37.7 Å². The molecule has 0 spiro atoms. The Bertz CT molecular complexity index is 345. The molecule has 0 heterocycles. The highest BCUT2D eigenvalue weighted by molar-refractivity contribution is 5.54. The summed E-state index contributed by atoms with van der Waals surface area (Å²) in [4.78, 5) is 0. The van der Waals surface area contributed by atoms with Gasteiger partial charge in [0.15, 0.2) is 0 Å². The molecule has 0 N–H and O–H groups in total. The van der Waals surface area contributed by atoms with E-state index in [0.717, 1.165) is 11.8 Å². The Hall–Kier alpha value is -0.780. The van der Waals surface area contributed by atoms with E-state index in [0.29, 0.717) is 0 Å². The van der Waals surface area contributed by atoms with Gasteiger partial charge in [-0.25, -0.2) is 0 Å². The minimum Gasteiger partial charge on any atom is -0.0590 e. The first-order valence-corrected chi connectivity index (χ1v) is 5.97. The van der Waals surface area contributed by atoms with Crippen LogP contribution in [-0.4, -0.2) is 0 Å². The fourth-order valence-corrected chi connectivity index (χ4v) is 3.14. The van der Waals surface area contributed by atoms with Gasteiger partial charge in [-0.2, -0.15) is 0 Å². The van der Waals surface area contributed by atoms with Gasteiger partial charge < -0.3 is 0 Å². The quantitative estimate of drug-likeness (QED) is 0.621. The van der Waals surface area contributed by atoms with E-state index in [4.69, 9.17) is 0 Å². The van der Waals surface area contributed by atoms with Crippen molar-refractivity contribution in [2.75, 3.05) is 0 Å². The summed E-state index contributed by atoms with van der Waals surface area (Å²) in [5, 5.41) is 0. The lowest BCUT2D eigenvalue weighted by atomic mass is 9.84. The van der Waals surface area contributed by atoms with Crippen LogP contribution < -0.4 is 0 Å². The van der Waals surface area contributed by atoms with E-state index >= 15 is 0 Å². The van der Waals surface area contributed by atoms with Crippen LogP contribution in [0.4, 0.5) is 0 Å². The molecule has 0 radical (unpaired) electrons. The SMILES string of the molecule is Cc1ccc2c(c1)C2C1CCCCC1. The van der Waals surface area contributed by atoms with Gasteiger partial charge in [-0.1, -0.05) is 43.0 Å². The highest BCUT2D eigenvalue weighted by Crippen LogP contribution is 2.52. The second-order valence-corrected chi connectivity index (χ2v) is 5.01. The predicted octanol–water partition coefficient (Wildman–Crippen LogP) is 4.02. The molecular formula is C14H18. The molecule has 0 saturated heterocycles. The molecule has 1 saturated carbocycles. The Balaban J connectivity index is 1.78. The van der Waals surface area contributed by atoms with Crippen molar-refractivity contribution in [1.82, 2.24) is 0 Å². The zero-order chi connectivity index (χ0) is 9.54. The van der Waals surface area contributed by atoms with Crippen LogP contribution in [-0.2, 0) is 0 Å². The Morgan fingerprint density at radius 3 is 2.50 bits per heavy atom. The molecule has 1 fully saturated rings. The molecule has 3 rings (SSSR count). The van der Waals surface area contributed by atoms with Gasteiger partial charge in [0.25, 0.3) is 0 Å². The second kappa shape index (κ2) is 3.12. The Morgan fingerprint density at radius 2 is 1.79 bits per heavy atom. The summed E-state index contributed by atoms with van der Waals surface area (Å²) in [6.07, 6.45) is 7.34. The molecule has 14 heavy (non-hydrogen) atoms. The zero-order valence-electron chi connectivity index (χ0n) is 8.92. The molecule has 0 aliphatic heterocycles. The van der Waals surface area contributed by atoms with Crippen molar-refractivity contribution in [3.05, 3.63) is 34.9 Å². The first-order valence-electron chi connectivity index (χ1n) is 5.97. The molecule has 74 valence electrons. The minimum absolute atomic E-state index is 0.865. The summed E-state index contributed by atoms with van der Waals surface area (Å²) >= 11 is 0. The summed E-state index contributed by atoms with van der Waals surface area (Å²) in [6, 6.07) is 7.01. The maximum atomic E-state index is 2.40. The predicted molar refractivity (Wildman–Crippen MR) is 59.6 cm³/mol. The summed E-state index contributed by atoms with van der Waals surface area (Å²) in [6.45, 7) is 2.20. The smallest absolute Gasteiger partial charge is 0.0124 e. The topological polar surface area (TPSA) is 0 Å². The lowest BCUT2D eigenvalue weighted by molar-refractivity contribution is 0.350. The fraction of sp³-hybridized carbons (Fsp3) is 0.571. The van der Waals surface area contributed by atoms with Gasteiger partial charge in [0.2, 0.25) is 0 Å². The molecule has 0 heteroatoms. The summed E-state index contributed by atoms with van der Waals surface area (Å²) in [7, 11) is 0. The Morgan fingerprint density at radius 1 is 1.00 bits per heavy atom. The molecule has 1 aromatic rings. The van der Waals surface area contributed by atoms with Crippen LogP contribution in [0.5, 0.6) is 0 Å². The highest BCUT2D eigenvalue weighted by Gasteiger charge is 2.38. The number of aryl methyl sites for hydroxylation is 1. The van der Waals surface area contributed by atoms with Crippen LogP contribution in [0.1, 0.15) is 54.7 Å². The van der Waals surface area contributed by atoms with Gasteiger partial charge >= 0.3 is 0 Å². The standard InChI is InChI=1S/C14H18/c1-10-7-8-12-13(9-10)14(12)11-5-3-2-4-6-11/h7-9,11,14H,2-6H2,1H3. The lowest BCUT2D eigenvalue weighted by Gasteiger charge is -2.21. The Labute approximate surface area is 86.3 Å². The molecule has 1 atom stereocenters. The van der Waals surface area contributed by atoms with E-state index in [1.807, 2.05) is 0 Å². The molecular weight excluding hydrogens is 168 g/mol. The maximum Gasteiger partial charge on any atom is 0.0124 e. The third kappa shape index (κ3) is 1.28. The minimum atomic E-state index is 0.865. The normalized spacial score (nSPS) is 25.9. The van der Waals surface area contributed by atoms with Crippen LogP contribution in [0.3, 0.4) is 0 Å². The number of fused-ring (bicyclic) bond motifs is 1. The third-order valence-corrected chi connectivity index (χ3v) is 3.95. The van der Waals surface area contributed by atoms with Crippen molar-refractivity contribution in [3.63, 3.8) is 0 Å². The van der Waals surface area contributed by atoms with Crippen LogP contribution in [0.25, 0.3) is 0 Å². The van der Waals surface area contributed by atoms with Crippen molar-refractivity contribution in [2.45, 2.75) is 44.9 Å². The molecule has 1 unspecified atom stereocenters. The van der Waals surface area contributed by atoms with Crippen molar-refractivity contribution >= 4 is 0 Å². The molecule has 0 bridgehead atoms. The molecule has 1 aromatic carbocycles. The van der Waals surface area contributed by atoms with Crippen LogP contribution in [0, 0.1) is 12.8 Å². The van der Waals surface area contributed by atoms with Gasteiger partial charge in [0, 0.05) is 5.92 Å². The summed E-state index contributed by atoms with van der Waals surface area (Å²) in [5.41, 5.74) is 4.75. The summed E-state index contributed by atoms with van der Waals surface area (Å²) < 4.78 is 0. The van der Waals surface area contributed by atoms with E-state index in [-0.39, 0.29) is 0 Å². The van der Waals surface area contributed by atoms with Gasteiger partial charge in [0.05, 0.1) is 0 Å². The van der Waals surface area contributed by atoms with Gasteiger partial charge in [0.1, 0.15) is 0 Å². The largest absolute Gasteiger partial charge is 0.0590 e. The van der Waals surface area contributed by atoms with Crippen molar-refractivity contribution in [1.29, 1.82) is 0 Å². The number of benzene rings is 1. The molecule has 0 amide bonds. The Kier molecular flexibility index (Phi) is 1.90. The highest BCUT2D eigenvalue weighted by atomic mass is 14.4. The third-order valence-electron chi connectivity index (χ3n) is 3.95. The number of hydrogen-bond acceptors (Lipinski definition) is 0. The van der Waals surface area contributed by atoms with Crippen LogP contribution in [0.15, 0.2) is 18.2 Å². The van der Waals surface area contributed by atoms with E-state index < -0.39 is 0 Å². The lowest BCUT2D eigenvalue weighted by Crippen LogP contribution is -2.07. The average Bonchev–Trinajstić information content (AvgIpc) is 2.92. The molecule has 0 nitrogen and oxygen atoms in total. The average molecular weight is 186 g/mol. The van der Waals surface area contributed by atoms with Gasteiger partial charge in [-0.05, 0) is 36.8 Å². The molecule has 2 aliphatic carbocycles. The first-order chi connectivity index (χ1) is 6.86. The fourth-order valence-electron chi connectivity index (χ4n) is 3.14. The van der Waals surface area contributed by atoms with E-state index in [9.17, 15) is 0 Å². The van der Waals surface area contributed by atoms with Gasteiger partial charge in [-0.3, -0.25) is 0 Å². The number of hydrogen-bond donors (Lipinski definition) is 0. The van der Waals surface area contributed by atoms with E-state index in [2.05, 4.69) is 25.1 Å².